The number of hydrogen-bond acceptors (Lipinski definition) is 2. The quantitative estimate of drug-likeness (QED) is 0.709. The van der Waals surface area contributed by atoms with Crippen LogP contribution in [0.25, 0.3) is 0 Å². The normalized spacial score (nSPS) is 25.9. The maximum absolute atomic E-state index is 11.8. The Labute approximate surface area is 92.6 Å². The highest BCUT2D eigenvalue weighted by Gasteiger charge is 2.36. The molecule has 0 aromatic carbocycles. The zero-order chi connectivity index (χ0) is 11.3. The SMILES string of the molecule is CC(C)CCCNC(=O)C1(C)CCOC1. The summed E-state index contributed by atoms with van der Waals surface area (Å²) in [5.41, 5.74) is -0.280. The van der Waals surface area contributed by atoms with Gasteiger partial charge in [0.2, 0.25) is 5.91 Å². The summed E-state index contributed by atoms with van der Waals surface area (Å²) >= 11 is 0. The van der Waals surface area contributed by atoms with Crippen LogP contribution in [0.15, 0.2) is 0 Å². The van der Waals surface area contributed by atoms with Crippen molar-refractivity contribution in [3.63, 3.8) is 0 Å². The molecule has 0 radical (unpaired) electrons. The highest BCUT2D eigenvalue weighted by molar-refractivity contribution is 5.82. The Balaban J connectivity index is 2.18. The van der Waals surface area contributed by atoms with Gasteiger partial charge in [0.15, 0.2) is 0 Å². The van der Waals surface area contributed by atoms with Crippen molar-refractivity contribution in [2.45, 2.75) is 40.0 Å². The van der Waals surface area contributed by atoms with Crippen molar-refractivity contribution >= 4 is 5.91 Å². The number of carbonyl (C=O) groups is 1. The van der Waals surface area contributed by atoms with E-state index < -0.39 is 0 Å². The van der Waals surface area contributed by atoms with Crippen molar-refractivity contribution in [1.82, 2.24) is 5.32 Å². The first-order valence-electron chi connectivity index (χ1n) is 5.91. The van der Waals surface area contributed by atoms with Gasteiger partial charge in [0.1, 0.15) is 0 Å². The van der Waals surface area contributed by atoms with Gasteiger partial charge in [-0.15, -0.1) is 0 Å². The Morgan fingerprint density at radius 3 is 2.80 bits per heavy atom. The second-order valence-electron chi connectivity index (χ2n) is 5.16. The molecule has 0 aromatic rings. The lowest BCUT2D eigenvalue weighted by atomic mass is 9.89. The van der Waals surface area contributed by atoms with Crippen LogP contribution in [-0.4, -0.2) is 25.7 Å². The van der Waals surface area contributed by atoms with Crippen molar-refractivity contribution in [3.05, 3.63) is 0 Å². The van der Waals surface area contributed by atoms with Crippen LogP contribution >= 0.6 is 0 Å². The molecule has 15 heavy (non-hydrogen) atoms. The van der Waals surface area contributed by atoms with Gasteiger partial charge in [-0.25, -0.2) is 0 Å². The summed E-state index contributed by atoms with van der Waals surface area (Å²) in [6.45, 7) is 8.48. The van der Waals surface area contributed by atoms with Crippen LogP contribution in [0.1, 0.15) is 40.0 Å². The topological polar surface area (TPSA) is 38.3 Å². The minimum atomic E-state index is -0.280. The lowest BCUT2D eigenvalue weighted by molar-refractivity contribution is -0.130. The molecule has 1 rings (SSSR count). The molecule has 1 aliphatic rings. The summed E-state index contributed by atoms with van der Waals surface area (Å²) in [5.74, 6) is 0.871. The standard InChI is InChI=1S/C12H23NO2/c1-10(2)5-4-7-13-11(14)12(3)6-8-15-9-12/h10H,4-9H2,1-3H3,(H,13,14). The number of amides is 1. The van der Waals surface area contributed by atoms with Crippen molar-refractivity contribution in [2.75, 3.05) is 19.8 Å². The first-order chi connectivity index (χ1) is 7.04. The van der Waals surface area contributed by atoms with E-state index in [2.05, 4.69) is 19.2 Å². The molecule has 1 unspecified atom stereocenters. The molecule has 1 saturated heterocycles. The number of carbonyl (C=O) groups excluding carboxylic acids is 1. The zero-order valence-electron chi connectivity index (χ0n) is 10.1. The third kappa shape index (κ3) is 3.82. The fraction of sp³-hybridized carbons (Fsp3) is 0.917. The van der Waals surface area contributed by atoms with Crippen molar-refractivity contribution < 1.29 is 9.53 Å². The van der Waals surface area contributed by atoms with Gasteiger partial charge in [0.25, 0.3) is 0 Å². The predicted octanol–water partition coefficient (Wildman–Crippen LogP) is 1.97. The number of rotatable bonds is 5. The van der Waals surface area contributed by atoms with Gasteiger partial charge in [0.05, 0.1) is 12.0 Å². The fourth-order valence-corrected chi connectivity index (χ4v) is 1.77. The van der Waals surface area contributed by atoms with Gasteiger partial charge in [-0.2, -0.15) is 0 Å². The van der Waals surface area contributed by atoms with Crippen LogP contribution in [0.3, 0.4) is 0 Å². The van der Waals surface area contributed by atoms with E-state index in [1.165, 1.54) is 6.42 Å². The smallest absolute Gasteiger partial charge is 0.228 e. The molecular formula is C12H23NO2. The van der Waals surface area contributed by atoms with E-state index in [0.717, 1.165) is 26.0 Å². The highest BCUT2D eigenvalue weighted by atomic mass is 16.5. The van der Waals surface area contributed by atoms with Gasteiger partial charge in [0, 0.05) is 13.2 Å². The monoisotopic (exact) mass is 213 g/mol. The second-order valence-corrected chi connectivity index (χ2v) is 5.16. The number of hydrogen-bond donors (Lipinski definition) is 1. The molecule has 1 atom stereocenters. The maximum atomic E-state index is 11.8. The average molecular weight is 213 g/mol. The van der Waals surface area contributed by atoms with Gasteiger partial charge < -0.3 is 10.1 Å². The Hall–Kier alpha value is -0.570. The van der Waals surface area contributed by atoms with Crippen LogP contribution < -0.4 is 5.32 Å². The molecule has 3 nitrogen and oxygen atoms in total. The average Bonchev–Trinajstić information content (AvgIpc) is 2.60. The third-order valence-corrected chi connectivity index (χ3v) is 3.01. The molecule has 0 bridgehead atoms. The molecule has 1 fully saturated rings. The predicted molar refractivity (Wildman–Crippen MR) is 60.6 cm³/mol. The van der Waals surface area contributed by atoms with Crippen molar-refractivity contribution in [2.24, 2.45) is 11.3 Å². The van der Waals surface area contributed by atoms with Gasteiger partial charge in [-0.1, -0.05) is 13.8 Å². The fourth-order valence-electron chi connectivity index (χ4n) is 1.77. The molecule has 0 spiro atoms. The Morgan fingerprint density at radius 1 is 1.53 bits per heavy atom. The van der Waals surface area contributed by atoms with Gasteiger partial charge in [-0.05, 0) is 32.1 Å². The van der Waals surface area contributed by atoms with Gasteiger partial charge in [-0.3, -0.25) is 4.79 Å². The van der Waals surface area contributed by atoms with E-state index in [1.54, 1.807) is 0 Å². The van der Waals surface area contributed by atoms with E-state index in [1.807, 2.05) is 6.92 Å². The van der Waals surface area contributed by atoms with E-state index in [-0.39, 0.29) is 11.3 Å². The van der Waals surface area contributed by atoms with Crippen molar-refractivity contribution in [3.8, 4) is 0 Å². The zero-order valence-corrected chi connectivity index (χ0v) is 10.1. The molecule has 0 aliphatic carbocycles. The minimum absolute atomic E-state index is 0.156. The summed E-state index contributed by atoms with van der Waals surface area (Å²) in [6, 6.07) is 0. The first-order valence-corrected chi connectivity index (χ1v) is 5.91. The largest absolute Gasteiger partial charge is 0.380 e. The van der Waals surface area contributed by atoms with Crippen LogP contribution in [0.4, 0.5) is 0 Å². The molecule has 0 aromatic heterocycles. The Morgan fingerprint density at radius 2 is 2.27 bits per heavy atom. The van der Waals surface area contributed by atoms with E-state index in [9.17, 15) is 4.79 Å². The van der Waals surface area contributed by atoms with Crippen LogP contribution in [0.5, 0.6) is 0 Å². The lowest BCUT2D eigenvalue weighted by Gasteiger charge is -2.20. The van der Waals surface area contributed by atoms with E-state index in [0.29, 0.717) is 12.5 Å². The first kappa shape index (κ1) is 12.5. The van der Waals surface area contributed by atoms with E-state index >= 15 is 0 Å². The summed E-state index contributed by atoms with van der Waals surface area (Å²) in [5, 5.41) is 3.00. The summed E-state index contributed by atoms with van der Waals surface area (Å²) in [7, 11) is 0. The Kier molecular flexibility index (Phi) is 4.58. The minimum Gasteiger partial charge on any atom is -0.380 e. The van der Waals surface area contributed by atoms with E-state index in [4.69, 9.17) is 4.74 Å². The van der Waals surface area contributed by atoms with Crippen LogP contribution in [0, 0.1) is 11.3 Å². The number of ether oxygens (including phenoxy) is 1. The molecule has 88 valence electrons. The molecule has 3 heteroatoms. The third-order valence-electron chi connectivity index (χ3n) is 3.01. The summed E-state index contributed by atoms with van der Waals surface area (Å²) < 4.78 is 5.26. The highest BCUT2D eigenvalue weighted by Crippen LogP contribution is 2.27. The van der Waals surface area contributed by atoms with Crippen molar-refractivity contribution in [1.29, 1.82) is 0 Å². The van der Waals surface area contributed by atoms with Crippen LogP contribution in [0.2, 0.25) is 0 Å². The molecule has 0 saturated carbocycles. The summed E-state index contributed by atoms with van der Waals surface area (Å²) in [6.07, 6.45) is 3.09. The second kappa shape index (κ2) is 5.50. The van der Waals surface area contributed by atoms with Gasteiger partial charge >= 0.3 is 0 Å². The Bertz CT molecular complexity index is 208. The molecule has 1 aliphatic heterocycles. The number of nitrogens with one attached hydrogen (secondary N) is 1. The molecule has 1 amide bonds. The summed E-state index contributed by atoms with van der Waals surface area (Å²) in [4.78, 5) is 11.8. The maximum Gasteiger partial charge on any atom is 0.228 e. The van der Waals surface area contributed by atoms with Crippen LogP contribution in [-0.2, 0) is 9.53 Å². The molecular weight excluding hydrogens is 190 g/mol. The lowest BCUT2D eigenvalue weighted by Crippen LogP contribution is -2.39. The molecule has 1 heterocycles. The molecule has 1 N–H and O–H groups in total.